The fourth-order valence-electron chi connectivity index (χ4n) is 2.34. The topological polar surface area (TPSA) is 61.4 Å². The molecule has 2 rings (SSSR count). The molecule has 7 heteroatoms. The molecule has 1 aromatic rings. The van der Waals surface area contributed by atoms with Gasteiger partial charge >= 0.3 is 0 Å². The van der Waals surface area contributed by atoms with Crippen LogP contribution in [0, 0.1) is 0 Å². The van der Waals surface area contributed by atoms with Gasteiger partial charge < -0.3 is 10.2 Å². The highest BCUT2D eigenvalue weighted by Gasteiger charge is 2.14. The first-order valence-electron chi connectivity index (χ1n) is 7.21. The lowest BCUT2D eigenvalue weighted by atomic mass is 10.2. The lowest BCUT2D eigenvalue weighted by molar-refractivity contribution is 0.239. The molecule has 0 atom stereocenters. The van der Waals surface area contributed by atoms with Crippen molar-refractivity contribution in [3.63, 3.8) is 0 Å². The van der Waals surface area contributed by atoms with Crippen molar-refractivity contribution in [1.29, 1.82) is 0 Å². The Balaban J connectivity index is 1.72. The molecule has 0 bridgehead atoms. The van der Waals surface area contributed by atoms with E-state index >= 15 is 0 Å². The predicted molar refractivity (Wildman–Crippen MR) is 86.0 cm³/mol. The number of piperazine rings is 1. The molecule has 5 nitrogen and oxygen atoms in total. The normalized spacial score (nSPS) is 17.0. The molecule has 118 valence electrons. The van der Waals surface area contributed by atoms with Crippen LogP contribution in [0.2, 0.25) is 5.02 Å². The third-order valence-electron chi connectivity index (χ3n) is 3.49. The van der Waals surface area contributed by atoms with E-state index in [1.165, 1.54) is 0 Å². The van der Waals surface area contributed by atoms with Crippen LogP contribution in [0.5, 0.6) is 0 Å². The van der Waals surface area contributed by atoms with Crippen LogP contribution in [-0.2, 0) is 15.8 Å². The van der Waals surface area contributed by atoms with Gasteiger partial charge in [-0.3, -0.25) is 0 Å². The molecule has 1 heterocycles. The predicted octanol–water partition coefficient (Wildman–Crippen LogP) is 1.05. The number of hydrogen-bond acceptors (Lipinski definition) is 4. The summed E-state index contributed by atoms with van der Waals surface area (Å²) < 4.78 is 26.7. The van der Waals surface area contributed by atoms with Gasteiger partial charge in [0.15, 0.2) is 0 Å². The van der Waals surface area contributed by atoms with Crippen molar-refractivity contribution in [1.82, 2.24) is 14.9 Å². The molecule has 1 aliphatic rings. The van der Waals surface area contributed by atoms with E-state index in [1.807, 2.05) is 0 Å². The zero-order chi connectivity index (χ0) is 15.1. The maximum atomic E-state index is 12.0. The molecule has 0 aliphatic carbocycles. The number of nitrogens with zero attached hydrogens (tertiary/aromatic N) is 1. The SMILES string of the molecule is O=S(=O)(Cc1ccccc1Cl)NCCCN1CCNCC1. The molecular weight excluding hydrogens is 310 g/mol. The van der Waals surface area contributed by atoms with E-state index in [2.05, 4.69) is 14.9 Å². The maximum Gasteiger partial charge on any atom is 0.215 e. The summed E-state index contributed by atoms with van der Waals surface area (Å²) in [6.45, 7) is 5.49. The molecule has 1 saturated heterocycles. The summed E-state index contributed by atoms with van der Waals surface area (Å²) in [5, 5.41) is 3.79. The van der Waals surface area contributed by atoms with E-state index in [-0.39, 0.29) is 5.75 Å². The Morgan fingerprint density at radius 1 is 1.24 bits per heavy atom. The summed E-state index contributed by atoms with van der Waals surface area (Å²) in [6, 6.07) is 7.03. The minimum absolute atomic E-state index is 0.0691. The Morgan fingerprint density at radius 2 is 1.95 bits per heavy atom. The van der Waals surface area contributed by atoms with Gasteiger partial charge in [0.1, 0.15) is 0 Å². The van der Waals surface area contributed by atoms with Gasteiger partial charge in [0.05, 0.1) is 5.75 Å². The molecule has 0 aromatic heterocycles. The van der Waals surface area contributed by atoms with Crippen LogP contribution >= 0.6 is 11.6 Å². The average molecular weight is 332 g/mol. The van der Waals surface area contributed by atoms with Gasteiger partial charge in [0.2, 0.25) is 10.0 Å². The van der Waals surface area contributed by atoms with E-state index < -0.39 is 10.0 Å². The van der Waals surface area contributed by atoms with Gasteiger partial charge in [0, 0.05) is 37.7 Å². The second-order valence-corrected chi connectivity index (χ2v) is 7.40. The van der Waals surface area contributed by atoms with Crippen LogP contribution in [0.3, 0.4) is 0 Å². The second-order valence-electron chi connectivity index (χ2n) is 5.19. The number of nitrogens with one attached hydrogen (secondary N) is 2. The molecule has 0 unspecified atom stereocenters. The fourth-order valence-corrected chi connectivity index (χ4v) is 3.84. The highest BCUT2D eigenvalue weighted by molar-refractivity contribution is 7.88. The van der Waals surface area contributed by atoms with Gasteiger partial charge in [-0.15, -0.1) is 0 Å². The third-order valence-corrected chi connectivity index (χ3v) is 5.19. The number of hydrogen-bond donors (Lipinski definition) is 2. The molecule has 0 saturated carbocycles. The zero-order valence-corrected chi connectivity index (χ0v) is 13.6. The highest BCUT2D eigenvalue weighted by atomic mass is 35.5. The molecule has 0 amide bonds. The smallest absolute Gasteiger partial charge is 0.215 e. The Labute approximate surface area is 131 Å². The molecule has 0 spiro atoms. The summed E-state index contributed by atoms with van der Waals surface area (Å²) in [4.78, 5) is 2.35. The minimum atomic E-state index is -3.33. The summed E-state index contributed by atoms with van der Waals surface area (Å²) in [5.41, 5.74) is 0.633. The van der Waals surface area contributed by atoms with Gasteiger partial charge in [-0.2, -0.15) is 0 Å². The lowest BCUT2D eigenvalue weighted by Gasteiger charge is -2.27. The number of benzene rings is 1. The Hall–Kier alpha value is -0.660. The Bertz CT molecular complexity index is 545. The highest BCUT2D eigenvalue weighted by Crippen LogP contribution is 2.17. The molecular formula is C14H22ClN3O2S. The molecule has 0 radical (unpaired) electrons. The van der Waals surface area contributed by atoms with Crippen LogP contribution in [-0.4, -0.2) is 52.6 Å². The monoisotopic (exact) mass is 331 g/mol. The van der Waals surface area contributed by atoms with Gasteiger partial charge in [-0.25, -0.2) is 13.1 Å². The number of sulfonamides is 1. The van der Waals surface area contributed by atoms with Gasteiger partial charge in [-0.05, 0) is 24.6 Å². The van der Waals surface area contributed by atoms with E-state index in [0.717, 1.165) is 39.1 Å². The first-order valence-corrected chi connectivity index (χ1v) is 9.24. The van der Waals surface area contributed by atoms with Crippen LogP contribution in [0.4, 0.5) is 0 Å². The Kier molecular flexibility index (Phi) is 6.44. The van der Waals surface area contributed by atoms with Gasteiger partial charge in [0.25, 0.3) is 0 Å². The van der Waals surface area contributed by atoms with Crippen LogP contribution in [0.1, 0.15) is 12.0 Å². The van der Waals surface area contributed by atoms with Crippen molar-refractivity contribution >= 4 is 21.6 Å². The quantitative estimate of drug-likeness (QED) is 0.733. The van der Waals surface area contributed by atoms with Crippen molar-refractivity contribution in [2.75, 3.05) is 39.3 Å². The van der Waals surface area contributed by atoms with E-state index in [1.54, 1.807) is 24.3 Å². The van der Waals surface area contributed by atoms with Crippen LogP contribution in [0.15, 0.2) is 24.3 Å². The number of rotatable bonds is 7. The van der Waals surface area contributed by atoms with Crippen molar-refractivity contribution in [3.8, 4) is 0 Å². The first-order chi connectivity index (χ1) is 10.1. The summed E-state index contributed by atoms with van der Waals surface area (Å²) in [6.07, 6.45) is 0.821. The third kappa shape index (κ3) is 5.92. The van der Waals surface area contributed by atoms with Gasteiger partial charge in [-0.1, -0.05) is 29.8 Å². The average Bonchev–Trinajstić information content (AvgIpc) is 2.47. The van der Waals surface area contributed by atoms with Crippen LogP contribution < -0.4 is 10.0 Å². The van der Waals surface area contributed by atoms with E-state index in [9.17, 15) is 8.42 Å². The first kappa shape index (κ1) is 16.7. The standard InChI is InChI=1S/C14H22ClN3O2S/c15-14-5-2-1-4-13(14)12-21(19,20)17-6-3-9-18-10-7-16-8-11-18/h1-2,4-5,16-17H,3,6-12H2. The largest absolute Gasteiger partial charge is 0.314 e. The Morgan fingerprint density at radius 3 is 2.67 bits per heavy atom. The number of halogens is 1. The second kappa shape index (κ2) is 8.10. The fraction of sp³-hybridized carbons (Fsp3) is 0.571. The van der Waals surface area contributed by atoms with E-state index in [0.29, 0.717) is 17.1 Å². The van der Waals surface area contributed by atoms with Crippen molar-refractivity contribution in [2.24, 2.45) is 0 Å². The van der Waals surface area contributed by atoms with Crippen molar-refractivity contribution in [2.45, 2.75) is 12.2 Å². The van der Waals surface area contributed by atoms with Crippen molar-refractivity contribution < 1.29 is 8.42 Å². The molecule has 21 heavy (non-hydrogen) atoms. The minimum Gasteiger partial charge on any atom is -0.314 e. The summed E-state index contributed by atoms with van der Waals surface area (Å²) >= 11 is 5.99. The molecule has 2 N–H and O–H groups in total. The molecule has 1 fully saturated rings. The maximum absolute atomic E-state index is 12.0. The van der Waals surface area contributed by atoms with Crippen molar-refractivity contribution in [3.05, 3.63) is 34.9 Å². The molecule has 1 aromatic carbocycles. The summed E-state index contributed by atoms with van der Waals surface area (Å²) in [7, 11) is -3.33. The lowest BCUT2D eigenvalue weighted by Crippen LogP contribution is -2.44. The molecule has 1 aliphatic heterocycles. The van der Waals surface area contributed by atoms with Crippen LogP contribution in [0.25, 0.3) is 0 Å². The summed E-state index contributed by atoms with van der Waals surface area (Å²) in [5.74, 6) is -0.0691. The zero-order valence-electron chi connectivity index (χ0n) is 12.0. The van der Waals surface area contributed by atoms with E-state index in [4.69, 9.17) is 11.6 Å².